The summed E-state index contributed by atoms with van der Waals surface area (Å²) in [5.74, 6) is -4.35. The van der Waals surface area contributed by atoms with Gasteiger partial charge in [-0.1, -0.05) is 18.2 Å². The zero-order chi connectivity index (χ0) is 33.9. The topological polar surface area (TPSA) is 138 Å². The van der Waals surface area contributed by atoms with Crippen molar-refractivity contribution >= 4 is 23.8 Å². The van der Waals surface area contributed by atoms with Gasteiger partial charge in [-0.15, -0.1) is 0 Å². The molecule has 0 radical (unpaired) electrons. The number of halogens is 5. The standard InChI is InChI=1S/C30H33F5N6O5/c1-28(2,36)9-8-24(42)38-23(16-46-15-19-6-7-20(31)13-22(19)32)25(43)39-11-12-41-27(45)40(18-30(33,34)35)26(44)29(41,17-39)14-21-5-3-4-10-37-21/h3-10,13,23H,11-12,14-18,36H2,1-2H3,(H,38,42). The number of pyridine rings is 1. The van der Waals surface area contributed by atoms with Crippen LogP contribution < -0.4 is 11.1 Å². The van der Waals surface area contributed by atoms with E-state index in [0.717, 1.165) is 28.0 Å². The molecule has 4 rings (SSSR count). The maximum absolute atomic E-state index is 14.2. The van der Waals surface area contributed by atoms with Gasteiger partial charge in [0.2, 0.25) is 11.8 Å². The molecule has 16 heteroatoms. The minimum Gasteiger partial charge on any atom is -0.374 e. The predicted octanol–water partition coefficient (Wildman–Crippen LogP) is 2.30. The van der Waals surface area contributed by atoms with Crippen LogP contribution in [0.4, 0.5) is 26.7 Å². The number of rotatable bonds is 11. The van der Waals surface area contributed by atoms with Crippen molar-refractivity contribution < 1.29 is 45.9 Å². The summed E-state index contributed by atoms with van der Waals surface area (Å²) < 4.78 is 73.2. The van der Waals surface area contributed by atoms with Crippen LogP contribution in [0.1, 0.15) is 25.1 Å². The molecule has 46 heavy (non-hydrogen) atoms. The van der Waals surface area contributed by atoms with Gasteiger partial charge in [-0.25, -0.2) is 13.6 Å². The number of imide groups is 1. The van der Waals surface area contributed by atoms with E-state index in [1.165, 1.54) is 18.3 Å². The zero-order valence-electron chi connectivity index (χ0n) is 25.0. The van der Waals surface area contributed by atoms with Crippen LogP contribution in [0.25, 0.3) is 0 Å². The summed E-state index contributed by atoms with van der Waals surface area (Å²) >= 11 is 0. The fourth-order valence-electron chi connectivity index (χ4n) is 5.23. The monoisotopic (exact) mass is 652 g/mol. The summed E-state index contributed by atoms with van der Waals surface area (Å²) in [6, 6.07) is 5.01. The molecule has 0 spiro atoms. The van der Waals surface area contributed by atoms with Crippen LogP contribution in [0.15, 0.2) is 54.7 Å². The number of carbonyl (C=O) groups is 4. The molecule has 2 saturated heterocycles. The van der Waals surface area contributed by atoms with Gasteiger partial charge in [0.15, 0.2) is 0 Å². The van der Waals surface area contributed by atoms with Gasteiger partial charge in [-0.05, 0) is 32.0 Å². The highest BCUT2D eigenvalue weighted by Gasteiger charge is 2.61. The van der Waals surface area contributed by atoms with Crippen molar-refractivity contribution in [3.05, 3.63) is 77.6 Å². The number of piperazine rings is 1. The third-order valence-electron chi connectivity index (χ3n) is 7.35. The maximum Gasteiger partial charge on any atom is 0.406 e. The number of alkyl halides is 3. The highest BCUT2D eigenvalue weighted by Crippen LogP contribution is 2.36. The molecule has 0 aliphatic carbocycles. The van der Waals surface area contributed by atoms with Crippen LogP contribution in [-0.4, -0.2) is 99.5 Å². The van der Waals surface area contributed by atoms with Crippen molar-refractivity contribution in [3.63, 3.8) is 0 Å². The highest BCUT2D eigenvalue weighted by atomic mass is 19.4. The van der Waals surface area contributed by atoms with Crippen molar-refractivity contribution in [2.45, 2.75) is 50.2 Å². The molecule has 0 saturated carbocycles. The molecule has 3 heterocycles. The lowest BCUT2D eigenvalue weighted by atomic mass is 9.88. The molecular weight excluding hydrogens is 619 g/mol. The summed E-state index contributed by atoms with van der Waals surface area (Å²) in [7, 11) is 0. The van der Waals surface area contributed by atoms with E-state index in [1.54, 1.807) is 26.0 Å². The van der Waals surface area contributed by atoms with E-state index in [0.29, 0.717) is 11.8 Å². The summed E-state index contributed by atoms with van der Waals surface area (Å²) in [5.41, 5.74) is 3.37. The Morgan fingerprint density at radius 3 is 2.52 bits per heavy atom. The predicted molar refractivity (Wildman–Crippen MR) is 152 cm³/mol. The van der Waals surface area contributed by atoms with Gasteiger partial charge in [0.1, 0.15) is 29.8 Å². The minimum absolute atomic E-state index is 0.0218. The molecule has 1 aromatic carbocycles. The molecule has 11 nitrogen and oxygen atoms in total. The first kappa shape index (κ1) is 34.4. The summed E-state index contributed by atoms with van der Waals surface area (Å²) in [6.45, 7) is -0.435. The number of benzene rings is 1. The number of aromatic nitrogens is 1. The summed E-state index contributed by atoms with van der Waals surface area (Å²) in [4.78, 5) is 59.9. The van der Waals surface area contributed by atoms with Gasteiger partial charge in [-0.3, -0.25) is 24.3 Å². The molecule has 2 atom stereocenters. The second-order valence-electron chi connectivity index (χ2n) is 11.7. The largest absolute Gasteiger partial charge is 0.406 e. The Morgan fingerprint density at radius 2 is 1.89 bits per heavy atom. The van der Waals surface area contributed by atoms with Crippen LogP contribution in [0.2, 0.25) is 0 Å². The number of fused-ring (bicyclic) bond motifs is 1. The van der Waals surface area contributed by atoms with Crippen LogP contribution in [0.3, 0.4) is 0 Å². The molecule has 2 aromatic rings. The average Bonchev–Trinajstić information content (AvgIpc) is 3.16. The maximum atomic E-state index is 14.2. The van der Waals surface area contributed by atoms with E-state index in [-0.39, 0.29) is 30.0 Å². The average molecular weight is 653 g/mol. The normalized spacial score (nSPS) is 19.5. The van der Waals surface area contributed by atoms with E-state index in [9.17, 15) is 41.1 Å². The van der Waals surface area contributed by atoms with Crippen molar-refractivity contribution in [2.75, 3.05) is 32.8 Å². The molecule has 2 unspecified atom stereocenters. The molecular formula is C30H33F5N6O5. The first-order valence-electron chi connectivity index (χ1n) is 14.2. The Morgan fingerprint density at radius 1 is 1.15 bits per heavy atom. The summed E-state index contributed by atoms with van der Waals surface area (Å²) in [6.07, 6.45) is -1.25. The molecule has 2 aliphatic rings. The second-order valence-corrected chi connectivity index (χ2v) is 11.7. The zero-order valence-corrected chi connectivity index (χ0v) is 25.0. The number of amides is 5. The number of nitrogens with zero attached hydrogens (tertiary/aromatic N) is 4. The Bertz CT molecular complexity index is 1500. The lowest BCUT2D eigenvalue weighted by Gasteiger charge is -2.45. The smallest absolute Gasteiger partial charge is 0.374 e. The van der Waals surface area contributed by atoms with E-state index >= 15 is 0 Å². The molecule has 0 bridgehead atoms. The van der Waals surface area contributed by atoms with E-state index in [4.69, 9.17) is 10.5 Å². The van der Waals surface area contributed by atoms with Gasteiger partial charge in [0, 0.05) is 54.6 Å². The van der Waals surface area contributed by atoms with Crippen molar-refractivity contribution in [1.29, 1.82) is 0 Å². The van der Waals surface area contributed by atoms with Crippen molar-refractivity contribution in [2.24, 2.45) is 5.73 Å². The van der Waals surface area contributed by atoms with E-state index in [2.05, 4.69) is 10.3 Å². The van der Waals surface area contributed by atoms with Gasteiger partial charge >= 0.3 is 12.2 Å². The third-order valence-corrected chi connectivity index (χ3v) is 7.35. The lowest BCUT2D eigenvalue weighted by molar-refractivity contribution is -0.157. The van der Waals surface area contributed by atoms with Crippen LogP contribution >= 0.6 is 0 Å². The lowest BCUT2D eigenvalue weighted by Crippen LogP contribution is -2.67. The Balaban J connectivity index is 1.61. The van der Waals surface area contributed by atoms with Gasteiger partial charge < -0.3 is 25.6 Å². The molecule has 2 aliphatic heterocycles. The van der Waals surface area contributed by atoms with E-state index < -0.39 is 85.0 Å². The number of hydrogen-bond donors (Lipinski definition) is 2. The fourth-order valence-corrected chi connectivity index (χ4v) is 5.23. The van der Waals surface area contributed by atoms with Crippen molar-refractivity contribution in [1.82, 2.24) is 25.0 Å². The SMILES string of the molecule is CC(C)(N)C=CC(=O)NC(COCc1ccc(F)cc1F)C(=O)N1CCN2C(=O)N(CC(F)(F)F)C(=O)C2(Cc2ccccn2)C1. The molecule has 1 aromatic heterocycles. The number of nitrogens with two attached hydrogens (primary N) is 1. The number of nitrogens with one attached hydrogen (secondary N) is 1. The Hall–Kier alpha value is -4.44. The first-order chi connectivity index (χ1) is 21.5. The molecule has 248 valence electrons. The van der Waals surface area contributed by atoms with Crippen molar-refractivity contribution in [3.8, 4) is 0 Å². The summed E-state index contributed by atoms with van der Waals surface area (Å²) in [5, 5.41) is 2.49. The van der Waals surface area contributed by atoms with Crippen LogP contribution in [0.5, 0.6) is 0 Å². The van der Waals surface area contributed by atoms with E-state index in [1.807, 2.05) is 0 Å². The first-order valence-corrected chi connectivity index (χ1v) is 14.2. The minimum atomic E-state index is -4.87. The van der Waals surface area contributed by atoms with Crippen LogP contribution in [0, 0.1) is 11.6 Å². The molecule has 5 amide bonds. The Labute approximate surface area is 261 Å². The van der Waals surface area contributed by atoms with Gasteiger partial charge in [-0.2, -0.15) is 13.2 Å². The highest BCUT2D eigenvalue weighted by molar-refractivity contribution is 6.08. The second kappa shape index (κ2) is 13.5. The third kappa shape index (κ3) is 8.23. The quantitative estimate of drug-likeness (QED) is 0.216. The fraction of sp³-hybridized carbons (Fsp3) is 0.433. The number of hydrogen-bond acceptors (Lipinski definition) is 7. The van der Waals surface area contributed by atoms with Gasteiger partial charge in [0.25, 0.3) is 5.91 Å². The molecule has 2 fully saturated rings. The number of urea groups is 1. The molecule has 3 N–H and O–H groups in total. The van der Waals surface area contributed by atoms with Gasteiger partial charge in [0.05, 0.1) is 19.8 Å². The number of ether oxygens (including phenoxy) is 1. The Kier molecular flexibility index (Phi) is 10.1. The van der Waals surface area contributed by atoms with Crippen LogP contribution in [-0.2, 0) is 32.1 Å². The number of carbonyl (C=O) groups excluding carboxylic acids is 4.